The summed E-state index contributed by atoms with van der Waals surface area (Å²) in [5, 5.41) is 3.59. The summed E-state index contributed by atoms with van der Waals surface area (Å²) in [7, 11) is 0. The van der Waals surface area contributed by atoms with Gasteiger partial charge in [0.1, 0.15) is 12.0 Å². The average Bonchev–Trinajstić information content (AvgIpc) is 3.39. The lowest BCUT2D eigenvalue weighted by molar-refractivity contribution is 0.0261. The van der Waals surface area contributed by atoms with Crippen LogP contribution in [0.1, 0.15) is 63.9 Å². The van der Waals surface area contributed by atoms with Crippen LogP contribution in [0.15, 0.2) is 54.9 Å². The lowest BCUT2D eigenvalue weighted by Crippen LogP contribution is -2.43. The number of nitrogens with one attached hydrogen (secondary N) is 1. The second kappa shape index (κ2) is 14.0. The van der Waals surface area contributed by atoms with Crippen LogP contribution in [0.25, 0.3) is 17.0 Å². The first kappa shape index (κ1) is 28.5. The minimum atomic E-state index is -0.0463. The van der Waals surface area contributed by atoms with E-state index in [2.05, 4.69) is 72.8 Å². The minimum Gasteiger partial charge on any atom is -0.379 e. The summed E-state index contributed by atoms with van der Waals surface area (Å²) in [5.41, 5.74) is 3.70. The molecule has 2 heterocycles. The Morgan fingerprint density at radius 2 is 1.92 bits per heavy atom. The van der Waals surface area contributed by atoms with Crippen LogP contribution in [0, 0.1) is 17.8 Å². The maximum absolute atomic E-state index is 13.9. The van der Waals surface area contributed by atoms with Gasteiger partial charge in [0.2, 0.25) is 0 Å². The number of nitrogens with zero attached hydrogens (tertiary/aromatic N) is 3. The van der Waals surface area contributed by atoms with Crippen molar-refractivity contribution in [2.24, 2.45) is 17.8 Å². The number of benzene rings is 1. The molecule has 0 saturated carbocycles. The summed E-state index contributed by atoms with van der Waals surface area (Å²) in [4.78, 5) is 21.1. The van der Waals surface area contributed by atoms with Gasteiger partial charge in [-0.15, -0.1) is 0 Å². The van der Waals surface area contributed by atoms with Crippen molar-refractivity contribution in [3.8, 4) is 11.3 Å². The number of morpholine rings is 1. The second-order valence-corrected chi connectivity index (χ2v) is 11.3. The Balaban J connectivity index is 1.52. The number of rotatable bonds is 13. The molecule has 1 aromatic carbocycles. The van der Waals surface area contributed by atoms with Crippen LogP contribution in [0.5, 0.6) is 0 Å². The van der Waals surface area contributed by atoms with Crippen molar-refractivity contribution in [1.29, 1.82) is 0 Å². The van der Waals surface area contributed by atoms with E-state index in [4.69, 9.17) is 9.72 Å². The lowest BCUT2D eigenvalue weighted by Gasteiger charge is -2.34. The number of hydrogen-bond donors (Lipinski definition) is 1. The van der Waals surface area contributed by atoms with Crippen molar-refractivity contribution in [2.75, 3.05) is 39.4 Å². The highest BCUT2D eigenvalue weighted by molar-refractivity contribution is 6.01. The molecule has 6 nitrogen and oxygen atoms in total. The van der Waals surface area contributed by atoms with Crippen LogP contribution in [0.4, 0.5) is 0 Å². The summed E-state index contributed by atoms with van der Waals surface area (Å²) in [5.74, 6) is 1.46. The number of allylic oxidation sites excluding steroid dienone is 2. The Bertz CT molecular complexity index is 1080. The van der Waals surface area contributed by atoms with Gasteiger partial charge in [0, 0.05) is 42.7 Å². The molecular weight excluding hydrogens is 472 g/mol. The molecule has 1 fully saturated rings. The third kappa shape index (κ3) is 7.31. The zero-order valence-electron chi connectivity index (χ0n) is 23.7. The van der Waals surface area contributed by atoms with Crippen LogP contribution in [-0.4, -0.2) is 65.7 Å². The summed E-state index contributed by atoms with van der Waals surface area (Å²) in [6, 6.07) is 10.6. The highest BCUT2D eigenvalue weighted by Gasteiger charge is 2.28. The minimum absolute atomic E-state index is 0.0463. The molecule has 4 rings (SSSR count). The zero-order chi connectivity index (χ0) is 26.9. The third-order valence-electron chi connectivity index (χ3n) is 7.81. The SMILES string of the molecule is CCC(CCNC[C@H](C)CC(C)C)C(=O)c1ncn(C2=CC=CC(N3CCOCC3)C2)c1-c1ccccc1. The molecule has 2 aliphatic rings. The van der Waals surface area contributed by atoms with E-state index >= 15 is 0 Å². The van der Waals surface area contributed by atoms with E-state index in [1.807, 2.05) is 24.5 Å². The molecule has 0 bridgehead atoms. The predicted molar refractivity (Wildman–Crippen MR) is 156 cm³/mol. The fourth-order valence-electron chi connectivity index (χ4n) is 5.83. The molecule has 6 heteroatoms. The molecule has 3 atom stereocenters. The zero-order valence-corrected chi connectivity index (χ0v) is 23.7. The van der Waals surface area contributed by atoms with Crippen molar-refractivity contribution < 1.29 is 9.53 Å². The Morgan fingerprint density at radius 3 is 2.63 bits per heavy atom. The van der Waals surface area contributed by atoms with E-state index in [1.165, 1.54) is 12.1 Å². The largest absolute Gasteiger partial charge is 0.379 e. The molecule has 2 unspecified atom stereocenters. The first-order valence-corrected chi connectivity index (χ1v) is 14.5. The van der Waals surface area contributed by atoms with Gasteiger partial charge in [-0.05, 0) is 50.3 Å². The van der Waals surface area contributed by atoms with E-state index in [0.717, 1.165) is 69.9 Å². The Morgan fingerprint density at radius 1 is 1.16 bits per heavy atom. The molecule has 0 spiro atoms. The molecular formula is C32H46N4O2. The number of carbonyl (C=O) groups is 1. The van der Waals surface area contributed by atoms with Crippen molar-refractivity contribution in [3.63, 3.8) is 0 Å². The quantitative estimate of drug-likeness (QED) is 0.263. The highest BCUT2D eigenvalue weighted by atomic mass is 16.5. The standard InChI is InChI=1S/C32H46N4O2/c1-5-26(14-15-33-22-25(4)20-24(2)3)32(37)30-31(27-10-7-6-8-11-27)36(23-34-30)29-13-9-12-28(21-29)35-16-18-38-19-17-35/h6-13,23-26,28,33H,5,14-22H2,1-4H3/t25-,26?,28?/m1/s1. The van der Waals surface area contributed by atoms with Crippen LogP contribution in [0.2, 0.25) is 0 Å². The van der Waals surface area contributed by atoms with Crippen LogP contribution in [-0.2, 0) is 4.74 Å². The molecule has 1 aromatic heterocycles. The summed E-state index contributed by atoms with van der Waals surface area (Å²) >= 11 is 0. The number of imidazole rings is 1. The van der Waals surface area contributed by atoms with Gasteiger partial charge in [-0.25, -0.2) is 4.98 Å². The van der Waals surface area contributed by atoms with Gasteiger partial charge < -0.3 is 14.6 Å². The number of Topliss-reactive ketones (excluding diaryl/α,β-unsaturated/α-hetero) is 1. The van der Waals surface area contributed by atoms with Gasteiger partial charge in [-0.2, -0.15) is 0 Å². The molecule has 2 aromatic rings. The maximum atomic E-state index is 13.9. The van der Waals surface area contributed by atoms with Gasteiger partial charge in [0.25, 0.3) is 0 Å². The first-order chi connectivity index (χ1) is 18.5. The van der Waals surface area contributed by atoms with Crippen LogP contribution in [0.3, 0.4) is 0 Å². The average molecular weight is 519 g/mol. The van der Waals surface area contributed by atoms with Gasteiger partial charge in [-0.3, -0.25) is 9.69 Å². The normalized spacial score (nSPS) is 19.9. The van der Waals surface area contributed by atoms with Gasteiger partial charge >= 0.3 is 0 Å². The fourth-order valence-corrected chi connectivity index (χ4v) is 5.83. The molecule has 1 aliphatic heterocycles. The van der Waals surface area contributed by atoms with E-state index in [-0.39, 0.29) is 11.7 Å². The van der Waals surface area contributed by atoms with Gasteiger partial charge in [-0.1, -0.05) is 70.2 Å². The van der Waals surface area contributed by atoms with E-state index in [9.17, 15) is 4.79 Å². The second-order valence-electron chi connectivity index (χ2n) is 11.3. The smallest absolute Gasteiger partial charge is 0.186 e. The predicted octanol–water partition coefficient (Wildman–Crippen LogP) is 5.92. The molecule has 1 saturated heterocycles. The number of carbonyl (C=O) groups excluding carboxylic acids is 1. The van der Waals surface area contributed by atoms with Gasteiger partial charge in [0.05, 0.1) is 18.9 Å². The first-order valence-electron chi connectivity index (χ1n) is 14.5. The number of aromatic nitrogens is 2. The maximum Gasteiger partial charge on any atom is 0.186 e. The monoisotopic (exact) mass is 518 g/mol. The van der Waals surface area contributed by atoms with E-state index in [0.29, 0.717) is 23.6 Å². The summed E-state index contributed by atoms with van der Waals surface area (Å²) < 4.78 is 7.72. The molecule has 206 valence electrons. The van der Waals surface area contributed by atoms with Crippen LogP contribution >= 0.6 is 0 Å². The molecule has 38 heavy (non-hydrogen) atoms. The summed E-state index contributed by atoms with van der Waals surface area (Å²) in [6.07, 6.45) is 12.2. The summed E-state index contributed by atoms with van der Waals surface area (Å²) in [6.45, 7) is 14.3. The van der Waals surface area contributed by atoms with Crippen molar-refractivity contribution in [3.05, 3.63) is 60.6 Å². The van der Waals surface area contributed by atoms with Crippen LogP contribution < -0.4 is 5.32 Å². The lowest BCUT2D eigenvalue weighted by atomic mass is 9.92. The third-order valence-corrected chi connectivity index (χ3v) is 7.81. The van der Waals surface area contributed by atoms with E-state index < -0.39 is 0 Å². The Kier molecular flexibility index (Phi) is 10.5. The number of hydrogen-bond acceptors (Lipinski definition) is 5. The Hall–Kier alpha value is -2.54. The van der Waals surface area contributed by atoms with Crippen molar-refractivity contribution in [1.82, 2.24) is 19.8 Å². The highest BCUT2D eigenvalue weighted by Crippen LogP contribution is 2.32. The Labute approximate surface area is 229 Å². The number of ketones is 1. The molecule has 1 N–H and O–H groups in total. The fraction of sp³-hybridized carbons (Fsp3) is 0.562. The number of ether oxygens (including phenoxy) is 1. The topological polar surface area (TPSA) is 59.4 Å². The van der Waals surface area contributed by atoms with Crippen molar-refractivity contribution in [2.45, 2.75) is 59.4 Å². The van der Waals surface area contributed by atoms with Gasteiger partial charge in [0.15, 0.2) is 5.78 Å². The van der Waals surface area contributed by atoms with E-state index in [1.54, 1.807) is 0 Å². The van der Waals surface area contributed by atoms with Crippen molar-refractivity contribution >= 4 is 11.5 Å². The molecule has 0 amide bonds. The molecule has 0 radical (unpaired) electrons. The molecule has 1 aliphatic carbocycles.